The quantitative estimate of drug-likeness (QED) is 0.135. The van der Waals surface area contributed by atoms with Gasteiger partial charge in [0, 0.05) is 56.5 Å². The Labute approximate surface area is 390 Å². The molecule has 14 nitrogen and oxygen atoms in total. The van der Waals surface area contributed by atoms with Crippen LogP contribution in [0.15, 0.2) is 97.3 Å². The van der Waals surface area contributed by atoms with Crippen LogP contribution in [0.5, 0.6) is 11.5 Å². The fourth-order valence-electron chi connectivity index (χ4n) is 8.69. The summed E-state index contributed by atoms with van der Waals surface area (Å²) in [6, 6.07) is 23.8. The first-order chi connectivity index (χ1) is 31.2. The minimum atomic E-state index is -1.13. The van der Waals surface area contributed by atoms with Crippen LogP contribution in [0.25, 0.3) is 11.3 Å². The van der Waals surface area contributed by atoms with Crippen molar-refractivity contribution in [2.75, 3.05) is 40.9 Å². The summed E-state index contributed by atoms with van der Waals surface area (Å²) >= 11 is 12.7. The van der Waals surface area contributed by atoms with Gasteiger partial charge >= 0.3 is 0 Å². The first kappa shape index (κ1) is 47.2. The van der Waals surface area contributed by atoms with E-state index in [-0.39, 0.29) is 44.2 Å². The van der Waals surface area contributed by atoms with E-state index in [1.165, 1.54) is 18.2 Å². The number of hydrogen-bond acceptors (Lipinski definition) is 9. The minimum absolute atomic E-state index is 0.135. The monoisotopic (exact) mass is 922 g/mol. The predicted molar refractivity (Wildman–Crippen MR) is 249 cm³/mol. The number of methoxy groups -OCH3 is 1. The number of fused-ring (bicyclic) bond motifs is 2. The third-order valence-corrected chi connectivity index (χ3v) is 12.6. The first-order valence-corrected chi connectivity index (χ1v) is 22.5. The molecular weight excluding hydrogens is 867 g/mol. The second-order valence-corrected chi connectivity index (χ2v) is 18.2. The van der Waals surface area contributed by atoms with Gasteiger partial charge in [-0.25, -0.2) is 4.98 Å². The SMILES string of the molecule is COC[C@@H]1NC(=O)[C@H](C)N(Cc2ncc(Cl)cc2Oc2ccc(-c3cnc(CN(C)C)n3C)cc2)C(=O)C[C@@H](Cc2ccccc2)C(=O)N2CCC[C@@](Cc3ccc(Cl)cc3)(C2)NC1=O. The van der Waals surface area contributed by atoms with Gasteiger partial charge in [0.1, 0.15) is 29.4 Å². The van der Waals surface area contributed by atoms with Crippen molar-refractivity contribution in [1.82, 2.24) is 39.9 Å². The molecule has 2 aromatic heterocycles. The Kier molecular flexibility index (Phi) is 15.2. The zero-order valence-corrected chi connectivity index (χ0v) is 38.9. The molecule has 2 aliphatic heterocycles. The molecule has 0 spiro atoms. The third-order valence-electron chi connectivity index (χ3n) is 12.1. The molecule has 5 aromatic rings. The lowest BCUT2D eigenvalue weighted by atomic mass is 9.81. The Morgan fingerprint density at radius 3 is 2.34 bits per heavy atom. The highest BCUT2D eigenvalue weighted by Gasteiger charge is 2.43. The zero-order chi connectivity index (χ0) is 46.3. The van der Waals surface area contributed by atoms with Gasteiger partial charge in [-0.1, -0.05) is 65.7 Å². The molecule has 4 atom stereocenters. The number of piperidine rings is 1. The number of benzene rings is 3. The topological polar surface area (TPSA) is 151 Å². The lowest BCUT2D eigenvalue weighted by Crippen LogP contribution is -2.65. The van der Waals surface area contributed by atoms with E-state index in [2.05, 4.69) is 25.5 Å². The van der Waals surface area contributed by atoms with E-state index >= 15 is 0 Å². The van der Waals surface area contributed by atoms with Crippen LogP contribution in [0, 0.1) is 5.92 Å². The van der Waals surface area contributed by atoms with Gasteiger partial charge in [0.25, 0.3) is 0 Å². The van der Waals surface area contributed by atoms with Crippen molar-refractivity contribution >= 4 is 46.8 Å². The molecular formula is C49H56Cl2N8O6. The van der Waals surface area contributed by atoms with Gasteiger partial charge in [-0.2, -0.15) is 0 Å². The highest BCUT2D eigenvalue weighted by Crippen LogP contribution is 2.33. The van der Waals surface area contributed by atoms with Crippen LogP contribution in [0.2, 0.25) is 10.0 Å². The molecule has 2 saturated heterocycles. The Hall–Kier alpha value is -5.80. The standard InChI is InChI=1S/C49H56Cl2N8O6/c1-32-46(61)54-41(30-64-5)47(62)55-49(25-34-12-16-37(50)17-13-34)20-9-21-58(31-49)48(63)36(22-33-10-7-6-8-11-33)23-45(60)59(32)28-40-43(24-38(51)26-52-40)65-39-18-14-35(15-19-39)42-27-53-44(57(42)4)29-56(2)3/h6-8,10-19,24,26-27,32,36,41H,9,20-23,25,28-31H2,1-5H3,(H,54,61)(H,55,62)/t32-,36+,41-,49+/m0/s1. The predicted octanol–water partition coefficient (Wildman–Crippen LogP) is 6.47. The van der Waals surface area contributed by atoms with Gasteiger partial charge < -0.3 is 39.4 Å². The Bertz CT molecular complexity index is 2470. The number of imidazole rings is 1. The summed E-state index contributed by atoms with van der Waals surface area (Å²) in [6.07, 6.45) is 4.96. The van der Waals surface area contributed by atoms with E-state index < -0.39 is 41.3 Å². The summed E-state index contributed by atoms with van der Waals surface area (Å²) < 4.78 is 13.9. The summed E-state index contributed by atoms with van der Waals surface area (Å²) in [5, 5.41) is 7.03. The normalized spacial score (nSPS) is 21.0. The van der Waals surface area contributed by atoms with E-state index in [0.29, 0.717) is 53.8 Å². The van der Waals surface area contributed by atoms with Crippen molar-refractivity contribution in [2.24, 2.45) is 13.0 Å². The van der Waals surface area contributed by atoms with Gasteiger partial charge in [-0.05, 0) is 94.2 Å². The highest BCUT2D eigenvalue weighted by atomic mass is 35.5. The number of halogens is 2. The number of rotatable bonds is 13. The van der Waals surface area contributed by atoms with Crippen LogP contribution in [0.3, 0.4) is 0 Å². The molecule has 4 heterocycles. The van der Waals surface area contributed by atoms with Crippen LogP contribution in [0.4, 0.5) is 0 Å². The Balaban J connectivity index is 1.21. The zero-order valence-electron chi connectivity index (χ0n) is 37.4. The summed E-state index contributed by atoms with van der Waals surface area (Å²) in [5.74, 6) is -0.820. The molecule has 2 fully saturated rings. The van der Waals surface area contributed by atoms with Crippen molar-refractivity contribution in [1.29, 1.82) is 0 Å². The molecule has 342 valence electrons. The first-order valence-electron chi connectivity index (χ1n) is 21.8. The molecule has 0 unspecified atom stereocenters. The van der Waals surface area contributed by atoms with Crippen LogP contribution < -0.4 is 15.4 Å². The number of nitrogens with one attached hydrogen (secondary N) is 2. The average molecular weight is 924 g/mol. The fraction of sp³-hybridized carbons (Fsp3) is 0.388. The van der Waals surface area contributed by atoms with Crippen molar-refractivity contribution < 1.29 is 28.7 Å². The molecule has 2 aliphatic rings. The number of nitrogens with zero attached hydrogens (tertiary/aromatic N) is 6. The number of pyridine rings is 1. The summed E-state index contributed by atoms with van der Waals surface area (Å²) in [6.45, 7) is 2.62. The van der Waals surface area contributed by atoms with Crippen LogP contribution >= 0.6 is 23.2 Å². The Morgan fingerprint density at radius 1 is 0.892 bits per heavy atom. The minimum Gasteiger partial charge on any atom is -0.455 e. The Morgan fingerprint density at radius 2 is 1.63 bits per heavy atom. The third kappa shape index (κ3) is 11.7. The fourth-order valence-corrected chi connectivity index (χ4v) is 8.97. The van der Waals surface area contributed by atoms with Gasteiger partial charge in [0.05, 0.1) is 48.1 Å². The number of amides is 4. The van der Waals surface area contributed by atoms with Crippen LogP contribution in [-0.4, -0.2) is 111 Å². The molecule has 7 rings (SSSR count). The average Bonchev–Trinajstić information content (AvgIpc) is 3.64. The van der Waals surface area contributed by atoms with Gasteiger partial charge in [0.15, 0.2) is 5.75 Å². The van der Waals surface area contributed by atoms with Gasteiger partial charge in [0.2, 0.25) is 23.6 Å². The molecule has 2 N–H and O–H groups in total. The molecule has 2 bridgehead atoms. The van der Waals surface area contributed by atoms with E-state index in [9.17, 15) is 19.2 Å². The lowest BCUT2D eigenvalue weighted by Gasteiger charge is -2.45. The maximum Gasteiger partial charge on any atom is 0.245 e. The van der Waals surface area contributed by atoms with Crippen LogP contribution in [0.1, 0.15) is 48.8 Å². The summed E-state index contributed by atoms with van der Waals surface area (Å²) in [4.78, 5) is 73.0. The largest absolute Gasteiger partial charge is 0.455 e. The number of carbonyl (C=O) groups excluding carboxylic acids is 4. The summed E-state index contributed by atoms with van der Waals surface area (Å²) in [7, 11) is 7.42. The van der Waals surface area contributed by atoms with Crippen molar-refractivity contribution in [3.8, 4) is 22.8 Å². The number of hydrogen-bond donors (Lipinski definition) is 2. The second-order valence-electron chi connectivity index (χ2n) is 17.3. The molecule has 0 radical (unpaired) electrons. The highest BCUT2D eigenvalue weighted by molar-refractivity contribution is 6.30. The van der Waals surface area contributed by atoms with E-state index in [1.54, 1.807) is 30.0 Å². The van der Waals surface area contributed by atoms with E-state index in [1.807, 2.05) is 98.6 Å². The number of ether oxygens (including phenoxy) is 2. The van der Waals surface area contributed by atoms with E-state index in [0.717, 1.165) is 28.2 Å². The van der Waals surface area contributed by atoms with Gasteiger partial charge in [-0.15, -0.1) is 0 Å². The van der Waals surface area contributed by atoms with Crippen LogP contribution in [-0.2, 0) is 56.9 Å². The molecule has 16 heteroatoms. The van der Waals surface area contributed by atoms with Crippen molar-refractivity contribution in [3.05, 3.63) is 130 Å². The maximum atomic E-state index is 14.9. The molecule has 0 saturated carbocycles. The smallest absolute Gasteiger partial charge is 0.245 e. The van der Waals surface area contributed by atoms with Crippen molar-refractivity contribution in [2.45, 2.75) is 69.7 Å². The second kappa shape index (κ2) is 21.0. The molecule has 0 aliphatic carbocycles. The van der Waals surface area contributed by atoms with Crippen molar-refractivity contribution in [3.63, 3.8) is 0 Å². The number of carbonyl (C=O) groups is 4. The lowest BCUT2D eigenvalue weighted by molar-refractivity contribution is -0.148. The van der Waals surface area contributed by atoms with Gasteiger partial charge in [-0.3, -0.25) is 24.2 Å². The summed E-state index contributed by atoms with van der Waals surface area (Å²) in [5.41, 5.74) is 3.13. The molecule has 3 aromatic carbocycles. The number of aromatic nitrogens is 3. The maximum absolute atomic E-state index is 14.9. The molecule has 65 heavy (non-hydrogen) atoms. The van der Waals surface area contributed by atoms with E-state index in [4.69, 9.17) is 32.7 Å². The molecule has 4 amide bonds.